The lowest BCUT2D eigenvalue weighted by Gasteiger charge is -2.17. The zero-order valence-electron chi connectivity index (χ0n) is 13.8. The summed E-state index contributed by atoms with van der Waals surface area (Å²) in [6, 6.07) is 9.56. The molecule has 2 aromatic rings. The summed E-state index contributed by atoms with van der Waals surface area (Å²) < 4.78 is 23.1. The molecule has 0 saturated heterocycles. The van der Waals surface area contributed by atoms with Crippen molar-refractivity contribution in [2.75, 3.05) is 27.3 Å². The molecule has 0 unspecified atom stereocenters. The number of ether oxygens (including phenoxy) is 2. The number of rotatable bonds is 7. The van der Waals surface area contributed by atoms with Crippen molar-refractivity contribution in [1.29, 1.82) is 0 Å². The maximum absolute atomic E-state index is 12.8. The van der Waals surface area contributed by atoms with Crippen LogP contribution in [0.4, 0.5) is 10.1 Å². The Hall–Kier alpha value is -3.16. The van der Waals surface area contributed by atoms with Gasteiger partial charge in [-0.15, -0.1) is 0 Å². The summed E-state index contributed by atoms with van der Waals surface area (Å²) in [4.78, 5) is 24.2. The standard InChI is InChI=1S/C17H17FN2O5/c1-19(9-10-25-14-6-4-13(18)5-7-14)17(21)12-3-8-16(24-2)15(11-12)20(22)23/h3-8,11H,9-10H2,1-2H3. The Morgan fingerprint density at radius 3 is 2.52 bits per heavy atom. The molecule has 132 valence electrons. The lowest BCUT2D eigenvalue weighted by Crippen LogP contribution is -2.30. The Labute approximate surface area is 143 Å². The van der Waals surface area contributed by atoms with E-state index in [0.29, 0.717) is 5.75 Å². The molecule has 0 bridgehead atoms. The van der Waals surface area contributed by atoms with Crippen molar-refractivity contribution in [2.24, 2.45) is 0 Å². The van der Waals surface area contributed by atoms with Crippen molar-refractivity contribution >= 4 is 11.6 Å². The van der Waals surface area contributed by atoms with Gasteiger partial charge in [0.1, 0.15) is 18.2 Å². The number of carbonyl (C=O) groups excluding carboxylic acids is 1. The number of benzene rings is 2. The molecule has 0 saturated carbocycles. The minimum Gasteiger partial charge on any atom is -0.492 e. The van der Waals surface area contributed by atoms with Gasteiger partial charge < -0.3 is 14.4 Å². The topological polar surface area (TPSA) is 81.9 Å². The maximum Gasteiger partial charge on any atom is 0.311 e. The molecule has 0 radical (unpaired) electrons. The first-order valence-corrected chi connectivity index (χ1v) is 7.38. The van der Waals surface area contributed by atoms with E-state index in [-0.39, 0.29) is 41.9 Å². The Kier molecular flexibility index (Phi) is 5.89. The van der Waals surface area contributed by atoms with E-state index < -0.39 is 4.92 Å². The van der Waals surface area contributed by atoms with E-state index in [9.17, 15) is 19.3 Å². The van der Waals surface area contributed by atoms with Crippen LogP contribution in [-0.4, -0.2) is 43.0 Å². The molecule has 25 heavy (non-hydrogen) atoms. The minimum atomic E-state index is -0.604. The molecule has 2 aromatic carbocycles. The number of likely N-dealkylation sites (N-methyl/N-ethyl adjacent to an activating group) is 1. The molecule has 0 aliphatic rings. The summed E-state index contributed by atoms with van der Waals surface area (Å²) in [5.41, 5.74) is -0.0962. The molecular weight excluding hydrogens is 331 g/mol. The Morgan fingerprint density at radius 1 is 1.24 bits per heavy atom. The Morgan fingerprint density at radius 2 is 1.92 bits per heavy atom. The number of nitrogens with zero attached hydrogens (tertiary/aromatic N) is 2. The zero-order valence-corrected chi connectivity index (χ0v) is 13.8. The average molecular weight is 348 g/mol. The van der Waals surface area contributed by atoms with Gasteiger partial charge in [0.15, 0.2) is 5.75 Å². The van der Waals surface area contributed by atoms with Crippen LogP contribution in [0.25, 0.3) is 0 Å². The molecule has 8 heteroatoms. The predicted molar refractivity (Wildman–Crippen MR) is 88.5 cm³/mol. The predicted octanol–water partition coefficient (Wildman–Crippen LogP) is 2.89. The fourth-order valence-corrected chi connectivity index (χ4v) is 2.12. The number of nitro benzene ring substituents is 1. The molecule has 2 rings (SSSR count). The summed E-state index contributed by atoms with van der Waals surface area (Å²) in [5.74, 6) is -0.166. The van der Waals surface area contributed by atoms with Gasteiger partial charge in [-0.1, -0.05) is 0 Å². The van der Waals surface area contributed by atoms with Crippen molar-refractivity contribution in [2.45, 2.75) is 0 Å². The number of nitro groups is 1. The SMILES string of the molecule is COc1ccc(C(=O)N(C)CCOc2ccc(F)cc2)cc1[N+](=O)[O-]. The van der Waals surface area contributed by atoms with Gasteiger partial charge in [-0.2, -0.15) is 0 Å². The Balaban J connectivity index is 1.98. The van der Waals surface area contributed by atoms with Crippen molar-refractivity contribution in [1.82, 2.24) is 4.90 Å². The Bertz CT molecular complexity index is 764. The van der Waals surface area contributed by atoms with Crippen LogP contribution < -0.4 is 9.47 Å². The van der Waals surface area contributed by atoms with Gasteiger partial charge >= 0.3 is 5.69 Å². The van der Waals surface area contributed by atoms with Crippen molar-refractivity contribution in [3.63, 3.8) is 0 Å². The second-order valence-electron chi connectivity index (χ2n) is 5.17. The molecule has 0 N–H and O–H groups in total. The lowest BCUT2D eigenvalue weighted by atomic mass is 10.1. The van der Waals surface area contributed by atoms with Crippen molar-refractivity contribution < 1.29 is 23.6 Å². The molecule has 0 aromatic heterocycles. The van der Waals surface area contributed by atoms with Crippen molar-refractivity contribution in [3.05, 3.63) is 64.0 Å². The summed E-state index contributed by atoms with van der Waals surface area (Å²) in [7, 11) is 2.88. The minimum absolute atomic E-state index is 0.0869. The molecule has 0 heterocycles. The lowest BCUT2D eigenvalue weighted by molar-refractivity contribution is -0.385. The van der Waals surface area contributed by atoms with Crippen LogP contribution in [0, 0.1) is 15.9 Å². The van der Waals surface area contributed by atoms with E-state index in [1.54, 1.807) is 7.05 Å². The molecule has 0 atom stereocenters. The van der Waals surface area contributed by atoms with E-state index in [1.165, 1.54) is 54.5 Å². The second-order valence-corrected chi connectivity index (χ2v) is 5.17. The molecular formula is C17H17FN2O5. The first kappa shape index (κ1) is 18.2. The van der Waals surface area contributed by atoms with Gasteiger partial charge in [0.05, 0.1) is 18.6 Å². The fraction of sp³-hybridized carbons (Fsp3) is 0.235. The normalized spacial score (nSPS) is 10.2. The van der Waals surface area contributed by atoms with E-state index >= 15 is 0 Å². The number of amides is 1. The summed E-state index contributed by atoms with van der Waals surface area (Å²) in [6.45, 7) is 0.460. The van der Waals surface area contributed by atoms with Gasteiger partial charge in [0.25, 0.3) is 5.91 Å². The first-order chi connectivity index (χ1) is 11.9. The smallest absolute Gasteiger partial charge is 0.311 e. The number of carbonyl (C=O) groups is 1. The molecule has 1 amide bonds. The third kappa shape index (κ3) is 4.66. The second kappa shape index (κ2) is 8.09. The first-order valence-electron chi connectivity index (χ1n) is 7.38. The highest BCUT2D eigenvalue weighted by Gasteiger charge is 2.20. The van der Waals surface area contributed by atoms with E-state index in [0.717, 1.165) is 0 Å². The average Bonchev–Trinajstić information content (AvgIpc) is 2.62. The summed E-state index contributed by atoms with van der Waals surface area (Å²) >= 11 is 0. The highest BCUT2D eigenvalue weighted by Crippen LogP contribution is 2.27. The zero-order chi connectivity index (χ0) is 18.4. The largest absolute Gasteiger partial charge is 0.492 e. The van der Waals surface area contributed by atoms with Gasteiger partial charge in [-0.25, -0.2) is 4.39 Å². The van der Waals surface area contributed by atoms with Crippen molar-refractivity contribution in [3.8, 4) is 11.5 Å². The molecule has 0 aliphatic heterocycles. The number of halogens is 1. The third-order valence-electron chi connectivity index (χ3n) is 3.48. The maximum atomic E-state index is 12.8. The van der Waals surface area contributed by atoms with E-state index in [2.05, 4.69) is 0 Å². The molecule has 0 fully saturated rings. The van der Waals surface area contributed by atoms with Crippen LogP contribution in [0.1, 0.15) is 10.4 Å². The van der Waals surface area contributed by atoms with Crippen LogP contribution in [0.15, 0.2) is 42.5 Å². The molecule has 7 nitrogen and oxygen atoms in total. The van der Waals surface area contributed by atoms with Gasteiger partial charge in [-0.3, -0.25) is 14.9 Å². The van der Waals surface area contributed by atoms with Crippen LogP contribution in [0.2, 0.25) is 0 Å². The van der Waals surface area contributed by atoms with Gasteiger partial charge in [-0.05, 0) is 36.4 Å². The fourth-order valence-electron chi connectivity index (χ4n) is 2.12. The van der Waals surface area contributed by atoms with Gasteiger partial charge in [0.2, 0.25) is 0 Å². The monoisotopic (exact) mass is 348 g/mol. The van der Waals surface area contributed by atoms with E-state index in [4.69, 9.17) is 9.47 Å². The van der Waals surface area contributed by atoms with Gasteiger partial charge in [0, 0.05) is 18.7 Å². The van der Waals surface area contributed by atoms with Crippen LogP contribution in [-0.2, 0) is 0 Å². The van der Waals surface area contributed by atoms with E-state index in [1.807, 2.05) is 0 Å². The quantitative estimate of drug-likeness (QED) is 0.568. The number of methoxy groups -OCH3 is 1. The molecule has 0 spiro atoms. The molecule has 0 aliphatic carbocycles. The highest BCUT2D eigenvalue weighted by atomic mass is 19.1. The number of hydrogen-bond donors (Lipinski definition) is 0. The number of hydrogen-bond acceptors (Lipinski definition) is 5. The third-order valence-corrected chi connectivity index (χ3v) is 3.48. The van der Waals surface area contributed by atoms with Crippen LogP contribution >= 0.6 is 0 Å². The van der Waals surface area contributed by atoms with Crippen LogP contribution in [0.3, 0.4) is 0 Å². The highest BCUT2D eigenvalue weighted by molar-refractivity contribution is 5.95. The summed E-state index contributed by atoms with van der Waals surface area (Å²) in [6.07, 6.45) is 0. The van der Waals surface area contributed by atoms with Crippen LogP contribution in [0.5, 0.6) is 11.5 Å². The summed E-state index contributed by atoms with van der Waals surface area (Å²) in [5, 5.41) is 11.0.